The molecular weight excluding hydrogens is 331 g/mol. The van der Waals surface area contributed by atoms with E-state index < -0.39 is 5.54 Å². The van der Waals surface area contributed by atoms with Crippen LogP contribution in [0.4, 0.5) is 4.39 Å². The first-order valence-corrected chi connectivity index (χ1v) is 8.48. The fraction of sp³-hybridized carbons (Fsp3) is 0.611. The van der Waals surface area contributed by atoms with Crippen LogP contribution in [0.1, 0.15) is 31.2 Å². The molecule has 2 saturated heterocycles. The van der Waals surface area contributed by atoms with Crippen molar-refractivity contribution in [1.29, 1.82) is 0 Å². The van der Waals surface area contributed by atoms with Crippen molar-refractivity contribution in [3.63, 3.8) is 0 Å². The molecule has 2 heterocycles. The van der Waals surface area contributed by atoms with Gasteiger partial charge in [0, 0.05) is 26.3 Å². The topological polar surface area (TPSA) is 55.6 Å². The molecule has 0 saturated carbocycles. The van der Waals surface area contributed by atoms with E-state index in [0.717, 1.165) is 37.9 Å². The van der Waals surface area contributed by atoms with Crippen LogP contribution >= 0.6 is 12.4 Å². The van der Waals surface area contributed by atoms with Crippen LogP contribution in [-0.4, -0.2) is 42.6 Å². The Morgan fingerprint density at radius 3 is 2.50 bits per heavy atom. The average Bonchev–Trinajstić information content (AvgIpc) is 2.58. The number of likely N-dealkylation sites (tertiary alicyclic amines) is 1. The first-order valence-electron chi connectivity index (χ1n) is 8.48. The van der Waals surface area contributed by atoms with Crippen molar-refractivity contribution in [2.45, 2.75) is 37.6 Å². The van der Waals surface area contributed by atoms with Crippen molar-refractivity contribution in [3.05, 3.63) is 35.6 Å². The Morgan fingerprint density at radius 1 is 1.25 bits per heavy atom. The third-order valence-electron chi connectivity index (χ3n) is 5.18. The second kappa shape index (κ2) is 8.28. The Hall–Kier alpha value is -1.17. The van der Waals surface area contributed by atoms with Gasteiger partial charge in [-0.15, -0.1) is 12.4 Å². The first kappa shape index (κ1) is 19.2. The molecule has 2 fully saturated rings. The third kappa shape index (κ3) is 4.26. The van der Waals surface area contributed by atoms with Crippen LogP contribution < -0.4 is 5.73 Å². The molecule has 2 aliphatic heterocycles. The predicted octanol–water partition coefficient (Wildman–Crippen LogP) is 2.54. The lowest BCUT2D eigenvalue weighted by Crippen LogP contribution is -2.59. The molecule has 0 bridgehead atoms. The maximum atomic E-state index is 13.7. The van der Waals surface area contributed by atoms with Gasteiger partial charge in [0.2, 0.25) is 5.91 Å². The average molecular weight is 357 g/mol. The molecule has 6 heteroatoms. The second-order valence-electron chi connectivity index (χ2n) is 6.80. The van der Waals surface area contributed by atoms with Gasteiger partial charge >= 0.3 is 0 Å². The normalized spacial score (nSPS) is 21.2. The summed E-state index contributed by atoms with van der Waals surface area (Å²) >= 11 is 0. The van der Waals surface area contributed by atoms with Gasteiger partial charge in [0.1, 0.15) is 5.82 Å². The van der Waals surface area contributed by atoms with Crippen molar-refractivity contribution in [3.8, 4) is 0 Å². The third-order valence-corrected chi connectivity index (χ3v) is 5.18. The number of hydrogen-bond donors (Lipinski definition) is 1. The quantitative estimate of drug-likeness (QED) is 0.905. The van der Waals surface area contributed by atoms with Crippen LogP contribution in [0.15, 0.2) is 24.3 Å². The second-order valence-corrected chi connectivity index (χ2v) is 6.80. The van der Waals surface area contributed by atoms with Gasteiger partial charge < -0.3 is 15.4 Å². The summed E-state index contributed by atoms with van der Waals surface area (Å²) in [6.45, 7) is 2.56. The van der Waals surface area contributed by atoms with E-state index in [2.05, 4.69) is 0 Å². The highest BCUT2D eigenvalue weighted by atomic mass is 35.5. The van der Waals surface area contributed by atoms with Gasteiger partial charge in [0.25, 0.3) is 0 Å². The fourth-order valence-electron chi connectivity index (χ4n) is 3.58. The van der Waals surface area contributed by atoms with Crippen LogP contribution in [0.25, 0.3) is 0 Å². The maximum absolute atomic E-state index is 13.7. The van der Waals surface area contributed by atoms with Gasteiger partial charge in [-0.25, -0.2) is 4.39 Å². The highest BCUT2D eigenvalue weighted by Gasteiger charge is 2.39. The van der Waals surface area contributed by atoms with E-state index in [1.807, 2.05) is 17.0 Å². The Kier molecular flexibility index (Phi) is 6.61. The summed E-state index contributed by atoms with van der Waals surface area (Å²) in [4.78, 5) is 14.6. The molecule has 1 aromatic carbocycles. The number of amides is 1. The van der Waals surface area contributed by atoms with Crippen molar-refractivity contribution in [2.24, 2.45) is 11.7 Å². The molecule has 1 aromatic rings. The molecular formula is C18H26ClFN2O2. The molecule has 0 aromatic heterocycles. The van der Waals surface area contributed by atoms with Crippen molar-refractivity contribution in [1.82, 2.24) is 4.90 Å². The molecule has 134 valence electrons. The van der Waals surface area contributed by atoms with Gasteiger partial charge in [0.15, 0.2) is 0 Å². The fourth-order valence-corrected chi connectivity index (χ4v) is 3.58. The highest BCUT2D eigenvalue weighted by molar-refractivity contribution is 5.86. The Bertz CT molecular complexity index is 556. The molecule has 3 rings (SSSR count). The summed E-state index contributed by atoms with van der Waals surface area (Å²) in [5.74, 6) is 0.360. The Morgan fingerprint density at radius 2 is 1.88 bits per heavy atom. The molecule has 0 atom stereocenters. The molecule has 0 unspecified atom stereocenters. The van der Waals surface area contributed by atoms with Crippen LogP contribution in [0, 0.1) is 11.7 Å². The van der Waals surface area contributed by atoms with Crippen LogP contribution in [0.2, 0.25) is 0 Å². The summed E-state index contributed by atoms with van der Waals surface area (Å²) in [6.07, 6.45) is 3.76. The van der Waals surface area contributed by atoms with Gasteiger partial charge in [-0.2, -0.15) is 0 Å². The van der Waals surface area contributed by atoms with Gasteiger partial charge in [-0.1, -0.05) is 18.2 Å². The van der Waals surface area contributed by atoms with E-state index in [1.165, 1.54) is 6.07 Å². The monoisotopic (exact) mass is 356 g/mol. The number of carbonyl (C=O) groups excluding carboxylic acids is 1. The zero-order valence-corrected chi connectivity index (χ0v) is 14.7. The van der Waals surface area contributed by atoms with E-state index in [9.17, 15) is 9.18 Å². The largest absolute Gasteiger partial charge is 0.381 e. The van der Waals surface area contributed by atoms with Gasteiger partial charge in [0.05, 0.1) is 5.54 Å². The molecule has 1 amide bonds. The van der Waals surface area contributed by atoms with Crippen LogP contribution in [0.5, 0.6) is 0 Å². The molecule has 0 spiro atoms. The molecule has 0 aliphatic carbocycles. The Labute approximate surface area is 148 Å². The van der Waals surface area contributed by atoms with Crippen molar-refractivity contribution < 1.29 is 13.9 Å². The number of nitrogens with two attached hydrogens (primary N) is 1. The summed E-state index contributed by atoms with van der Waals surface area (Å²) in [6, 6.07) is 6.95. The van der Waals surface area contributed by atoms with E-state index in [0.29, 0.717) is 32.0 Å². The number of halogens is 2. The smallest absolute Gasteiger partial charge is 0.242 e. The summed E-state index contributed by atoms with van der Waals surface area (Å²) in [5, 5.41) is 0. The number of rotatable bonds is 3. The van der Waals surface area contributed by atoms with Crippen molar-refractivity contribution in [2.75, 3.05) is 26.3 Å². The van der Waals surface area contributed by atoms with Gasteiger partial charge in [-0.05, 0) is 49.7 Å². The zero-order valence-electron chi connectivity index (χ0n) is 13.9. The minimum atomic E-state index is -0.753. The number of nitrogens with zero attached hydrogens (tertiary/aromatic N) is 1. The number of benzene rings is 1. The molecule has 2 aliphatic rings. The van der Waals surface area contributed by atoms with Crippen LogP contribution in [-0.2, 0) is 16.0 Å². The standard InChI is InChI=1S/C18H25FN2O2.ClH/c19-16-4-2-1-3-15(16)13-14-5-9-21(10-6-14)17(22)18(20)7-11-23-12-8-18;/h1-4,14H,5-13,20H2;1H. The molecule has 2 N–H and O–H groups in total. The number of carbonyl (C=O) groups is 1. The first-order chi connectivity index (χ1) is 11.1. The van der Waals surface area contributed by atoms with E-state index in [-0.39, 0.29) is 24.1 Å². The number of hydrogen-bond acceptors (Lipinski definition) is 3. The number of piperidine rings is 1. The minimum Gasteiger partial charge on any atom is -0.381 e. The summed E-state index contributed by atoms with van der Waals surface area (Å²) in [7, 11) is 0. The van der Waals surface area contributed by atoms with E-state index in [4.69, 9.17) is 10.5 Å². The SMILES string of the molecule is Cl.NC1(C(=O)N2CCC(Cc3ccccc3F)CC2)CCOCC1. The lowest BCUT2D eigenvalue weighted by Gasteiger charge is -2.40. The maximum Gasteiger partial charge on any atom is 0.242 e. The Balaban J connectivity index is 0.00000208. The molecule has 4 nitrogen and oxygen atoms in total. The lowest BCUT2D eigenvalue weighted by molar-refractivity contribution is -0.142. The van der Waals surface area contributed by atoms with E-state index in [1.54, 1.807) is 6.07 Å². The summed E-state index contributed by atoms with van der Waals surface area (Å²) < 4.78 is 19.1. The summed E-state index contributed by atoms with van der Waals surface area (Å²) in [5.41, 5.74) is 6.31. The van der Waals surface area contributed by atoms with Gasteiger partial charge in [-0.3, -0.25) is 4.79 Å². The van der Waals surface area contributed by atoms with E-state index >= 15 is 0 Å². The lowest BCUT2D eigenvalue weighted by atomic mass is 9.86. The van der Waals surface area contributed by atoms with Crippen LogP contribution in [0.3, 0.4) is 0 Å². The van der Waals surface area contributed by atoms with Crippen molar-refractivity contribution >= 4 is 18.3 Å². The minimum absolute atomic E-state index is 0. The highest BCUT2D eigenvalue weighted by Crippen LogP contribution is 2.26. The zero-order chi connectivity index (χ0) is 16.3. The molecule has 0 radical (unpaired) electrons. The molecule has 24 heavy (non-hydrogen) atoms. The predicted molar refractivity (Wildman–Crippen MR) is 93.6 cm³/mol. The number of ether oxygens (including phenoxy) is 1.